The van der Waals surface area contributed by atoms with E-state index in [9.17, 15) is 9.59 Å². The molecule has 4 nitrogen and oxygen atoms in total. The van der Waals surface area contributed by atoms with Crippen LogP contribution in [0.1, 0.15) is 27.0 Å². The van der Waals surface area contributed by atoms with Crippen LogP contribution in [-0.4, -0.2) is 18.5 Å². The van der Waals surface area contributed by atoms with Gasteiger partial charge in [0.2, 0.25) is 0 Å². The first kappa shape index (κ1) is 16.9. The number of carbonyl (C=O) groups is 2. The molecular formula is C20H17NO3S. The van der Waals surface area contributed by atoms with E-state index in [2.05, 4.69) is 5.32 Å². The van der Waals surface area contributed by atoms with Crippen molar-refractivity contribution in [2.75, 3.05) is 11.9 Å². The average molecular weight is 351 g/mol. The molecule has 2 aromatic carbocycles. The van der Waals surface area contributed by atoms with Crippen molar-refractivity contribution < 1.29 is 14.3 Å². The first-order chi connectivity index (χ1) is 12.2. The van der Waals surface area contributed by atoms with Gasteiger partial charge in [0.25, 0.3) is 5.91 Å². The summed E-state index contributed by atoms with van der Waals surface area (Å²) in [4.78, 5) is 25.9. The third-order valence-corrected chi connectivity index (χ3v) is 4.65. The van der Waals surface area contributed by atoms with Crippen molar-refractivity contribution >= 4 is 28.9 Å². The standard InChI is InChI=1S/C20H17NO3S/c1-2-24-20(23)15-9-6-10-16(13-15)21-19(22)18-12-11-17(25-18)14-7-4-3-5-8-14/h3-13H,2H2,1H3,(H,21,22). The summed E-state index contributed by atoms with van der Waals surface area (Å²) in [6, 6.07) is 20.4. The maximum absolute atomic E-state index is 12.4. The van der Waals surface area contributed by atoms with E-state index in [4.69, 9.17) is 4.74 Å². The Kier molecular flexibility index (Phi) is 5.26. The molecule has 1 heterocycles. The topological polar surface area (TPSA) is 55.4 Å². The predicted molar refractivity (Wildman–Crippen MR) is 100 cm³/mol. The van der Waals surface area contributed by atoms with Crippen molar-refractivity contribution in [1.29, 1.82) is 0 Å². The van der Waals surface area contributed by atoms with Gasteiger partial charge in [0.15, 0.2) is 0 Å². The summed E-state index contributed by atoms with van der Waals surface area (Å²) in [7, 11) is 0. The van der Waals surface area contributed by atoms with E-state index in [0.717, 1.165) is 10.4 Å². The molecule has 0 atom stereocenters. The minimum atomic E-state index is -0.402. The van der Waals surface area contributed by atoms with Crippen LogP contribution in [0, 0.1) is 0 Å². The zero-order chi connectivity index (χ0) is 17.6. The minimum Gasteiger partial charge on any atom is -0.462 e. The van der Waals surface area contributed by atoms with Crippen LogP contribution in [0.15, 0.2) is 66.7 Å². The van der Waals surface area contributed by atoms with Crippen LogP contribution in [0.2, 0.25) is 0 Å². The Labute approximate surface area is 150 Å². The van der Waals surface area contributed by atoms with Crippen LogP contribution >= 0.6 is 11.3 Å². The predicted octanol–water partition coefficient (Wildman–Crippen LogP) is 4.84. The summed E-state index contributed by atoms with van der Waals surface area (Å²) in [5.74, 6) is -0.603. The number of nitrogens with one attached hydrogen (secondary N) is 1. The Morgan fingerprint density at radius 2 is 1.80 bits per heavy atom. The molecule has 3 aromatic rings. The number of rotatable bonds is 5. The van der Waals surface area contributed by atoms with Crippen molar-refractivity contribution in [3.63, 3.8) is 0 Å². The second-order valence-corrected chi connectivity index (χ2v) is 6.37. The highest BCUT2D eigenvalue weighted by molar-refractivity contribution is 7.17. The van der Waals surface area contributed by atoms with Gasteiger partial charge in [0, 0.05) is 10.6 Å². The number of amides is 1. The smallest absolute Gasteiger partial charge is 0.338 e. The summed E-state index contributed by atoms with van der Waals surface area (Å²) in [5, 5.41) is 2.82. The van der Waals surface area contributed by atoms with E-state index in [1.54, 1.807) is 37.3 Å². The van der Waals surface area contributed by atoms with Crippen molar-refractivity contribution in [2.24, 2.45) is 0 Å². The maximum atomic E-state index is 12.4. The number of hydrogen-bond acceptors (Lipinski definition) is 4. The lowest BCUT2D eigenvalue weighted by molar-refractivity contribution is 0.0526. The Hall–Kier alpha value is -2.92. The van der Waals surface area contributed by atoms with E-state index in [1.807, 2.05) is 36.4 Å². The Balaban J connectivity index is 1.74. The number of benzene rings is 2. The number of thiophene rings is 1. The molecule has 0 aliphatic heterocycles. The molecule has 1 aromatic heterocycles. The fourth-order valence-electron chi connectivity index (χ4n) is 2.35. The van der Waals surface area contributed by atoms with Gasteiger partial charge in [-0.05, 0) is 42.8 Å². The van der Waals surface area contributed by atoms with Crippen LogP contribution in [0.5, 0.6) is 0 Å². The maximum Gasteiger partial charge on any atom is 0.338 e. The molecular weight excluding hydrogens is 334 g/mol. The van der Waals surface area contributed by atoms with E-state index in [-0.39, 0.29) is 5.91 Å². The monoisotopic (exact) mass is 351 g/mol. The quantitative estimate of drug-likeness (QED) is 0.669. The Morgan fingerprint density at radius 3 is 2.56 bits per heavy atom. The molecule has 5 heteroatoms. The number of anilines is 1. The van der Waals surface area contributed by atoms with Crippen LogP contribution in [-0.2, 0) is 4.74 Å². The van der Waals surface area contributed by atoms with Crippen molar-refractivity contribution in [2.45, 2.75) is 6.92 Å². The van der Waals surface area contributed by atoms with E-state index in [0.29, 0.717) is 22.7 Å². The van der Waals surface area contributed by atoms with Gasteiger partial charge in [-0.1, -0.05) is 36.4 Å². The van der Waals surface area contributed by atoms with E-state index < -0.39 is 5.97 Å². The average Bonchev–Trinajstić information content (AvgIpc) is 3.13. The molecule has 0 aliphatic rings. The van der Waals surface area contributed by atoms with Crippen molar-refractivity contribution in [3.8, 4) is 10.4 Å². The highest BCUT2D eigenvalue weighted by Crippen LogP contribution is 2.28. The second kappa shape index (κ2) is 7.77. The van der Waals surface area contributed by atoms with Crippen LogP contribution in [0.25, 0.3) is 10.4 Å². The molecule has 25 heavy (non-hydrogen) atoms. The molecule has 0 radical (unpaired) electrons. The first-order valence-electron chi connectivity index (χ1n) is 7.91. The minimum absolute atomic E-state index is 0.201. The Morgan fingerprint density at radius 1 is 1.00 bits per heavy atom. The summed E-state index contributed by atoms with van der Waals surface area (Å²) >= 11 is 1.43. The fourth-order valence-corrected chi connectivity index (χ4v) is 3.26. The highest BCUT2D eigenvalue weighted by atomic mass is 32.1. The molecule has 3 rings (SSSR count). The van der Waals surface area contributed by atoms with Gasteiger partial charge in [0.1, 0.15) is 0 Å². The van der Waals surface area contributed by atoms with Gasteiger partial charge in [0.05, 0.1) is 17.0 Å². The first-order valence-corrected chi connectivity index (χ1v) is 8.73. The molecule has 0 fully saturated rings. The number of hydrogen-bond donors (Lipinski definition) is 1. The van der Waals surface area contributed by atoms with E-state index in [1.165, 1.54) is 11.3 Å². The normalized spacial score (nSPS) is 10.3. The largest absolute Gasteiger partial charge is 0.462 e. The third-order valence-electron chi connectivity index (χ3n) is 3.52. The SMILES string of the molecule is CCOC(=O)c1cccc(NC(=O)c2ccc(-c3ccccc3)s2)c1. The molecule has 0 unspecified atom stereocenters. The number of carbonyl (C=O) groups excluding carboxylic acids is 2. The molecule has 0 aliphatic carbocycles. The van der Waals surface area contributed by atoms with Crippen LogP contribution in [0.4, 0.5) is 5.69 Å². The van der Waals surface area contributed by atoms with Gasteiger partial charge in [-0.25, -0.2) is 4.79 Å². The third kappa shape index (κ3) is 4.14. The van der Waals surface area contributed by atoms with E-state index >= 15 is 0 Å². The number of ether oxygens (including phenoxy) is 1. The Bertz CT molecular complexity index is 887. The molecule has 1 amide bonds. The van der Waals surface area contributed by atoms with Crippen molar-refractivity contribution in [3.05, 3.63) is 77.2 Å². The second-order valence-electron chi connectivity index (χ2n) is 5.29. The zero-order valence-corrected chi connectivity index (χ0v) is 14.5. The van der Waals surface area contributed by atoms with Crippen molar-refractivity contribution in [1.82, 2.24) is 0 Å². The molecule has 1 N–H and O–H groups in total. The fraction of sp³-hybridized carbons (Fsp3) is 0.100. The lowest BCUT2D eigenvalue weighted by atomic mass is 10.2. The van der Waals surface area contributed by atoms with Gasteiger partial charge >= 0.3 is 5.97 Å². The summed E-state index contributed by atoms with van der Waals surface area (Å²) < 4.78 is 4.98. The summed E-state index contributed by atoms with van der Waals surface area (Å²) in [6.07, 6.45) is 0. The van der Waals surface area contributed by atoms with Gasteiger partial charge in [-0.15, -0.1) is 11.3 Å². The van der Waals surface area contributed by atoms with Gasteiger partial charge in [-0.2, -0.15) is 0 Å². The lowest BCUT2D eigenvalue weighted by Crippen LogP contribution is -2.11. The molecule has 0 spiro atoms. The van der Waals surface area contributed by atoms with Gasteiger partial charge < -0.3 is 10.1 Å². The molecule has 0 saturated carbocycles. The molecule has 0 bridgehead atoms. The number of esters is 1. The van der Waals surface area contributed by atoms with Crippen LogP contribution < -0.4 is 5.32 Å². The summed E-state index contributed by atoms with van der Waals surface area (Å²) in [6.45, 7) is 2.07. The molecule has 126 valence electrons. The van der Waals surface area contributed by atoms with Gasteiger partial charge in [-0.3, -0.25) is 4.79 Å². The molecule has 0 saturated heterocycles. The zero-order valence-electron chi connectivity index (χ0n) is 13.7. The lowest BCUT2D eigenvalue weighted by Gasteiger charge is -2.06. The summed E-state index contributed by atoms with van der Waals surface area (Å²) in [5.41, 5.74) is 2.05. The highest BCUT2D eigenvalue weighted by Gasteiger charge is 2.12. The van der Waals surface area contributed by atoms with Crippen LogP contribution in [0.3, 0.4) is 0 Å².